The fourth-order valence-corrected chi connectivity index (χ4v) is 8.55. The molecule has 6 unspecified atom stereocenters. The van der Waals surface area contributed by atoms with Gasteiger partial charge in [-0.2, -0.15) is 0 Å². The highest BCUT2D eigenvalue weighted by Gasteiger charge is 2.44. The van der Waals surface area contributed by atoms with Crippen molar-refractivity contribution in [1.29, 1.82) is 0 Å². The predicted molar refractivity (Wildman–Crippen MR) is 279 cm³/mol. The molecular weight excluding hydrogens is 841 g/mol. The Balaban J connectivity index is 2.15. The lowest BCUT2D eigenvalue weighted by Gasteiger charge is -2.39. The minimum absolute atomic E-state index is 0.116. The molecule has 0 amide bonds. The van der Waals surface area contributed by atoms with Gasteiger partial charge in [0.05, 0.1) is 19.8 Å². The van der Waals surface area contributed by atoms with Crippen LogP contribution in [0.4, 0.5) is 0 Å². The van der Waals surface area contributed by atoms with Crippen molar-refractivity contribution in [3.8, 4) is 0 Å². The lowest BCUT2D eigenvalue weighted by Crippen LogP contribution is -2.59. The molecule has 1 heterocycles. The molecule has 0 spiro atoms. The maximum absolute atomic E-state index is 12.9. The number of carbonyl (C=O) groups is 1. The van der Waals surface area contributed by atoms with Gasteiger partial charge in [0.25, 0.3) is 0 Å². The molecule has 6 atom stereocenters. The molecule has 0 bridgehead atoms. The van der Waals surface area contributed by atoms with Crippen LogP contribution in [0, 0.1) is 0 Å². The largest absolute Gasteiger partial charge is 0.457 e. The molecule has 67 heavy (non-hydrogen) atoms. The summed E-state index contributed by atoms with van der Waals surface area (Å²) in [5.41, 5.74) is 0. The molecule has 0 radical (unpaired) electrons. The number of rotatable bonds is 49. The summed E-state index contributed by atoms with van der Waals surface area (Å²) in [6.07, 6.45) is 55.8. The number of aliphatic hydroxyl groups excluding tert-OH is 4. The van der Waals surface area contributed by atoms with Crippen LogP contribution in [-0.2, 0) is 23.7 Å². The van der Waals surface area contributed by atoms with Crippen molar-refractivity contribution in [3.63, 3.8) is 0 Å². The number of aliphatic hydroxyl groups is 4. The van der Waals surface area contributed by atoms with Gasteiger partial charge in [0, 0.05) is 13.0 Å². The van der Waals surface area contributed by atoms with Crippen molar-refractivity contribution in [2.24, 2.45) is 0 Å². The van der Waals surface area contributed by atoms with Gasteiger partial charge in [0.2, 0.25) is 0 Å². The van der Waals surface area contributed by atoms with E-state index in [1.165, 1.54) is 180 Å². The third-order valence-corrected chi connectivity index (χ3v) is 13.0. The van der Waals surface area contributed by atoms with Crippen LogP contribution in [0.1, 0.15) is 251 Å². The van der Waals surface area contributed by atoms with Crippen LogP contribution in [0.2, 0.25) is 0 Å². The molecule has 0 aliphatic carbocycles. The second-order valence-corrected chi connectivity index (χ2v) is 19.4. The highest BCUT2D eigenvalue weighted by Crippen LogP contribution is 2.23. The van der Waals surface area contributed by atoms with Gasteiger partial charge in [-0.25, -0.2) is 0 Å². The molecule has 0 aromatic rings. The van der Waals surface area contributed by atoms with E-state index in [2.05, 4.69) is 62.5 Å². The summed E-state index contributed by atoms with van der Waals surface area (Å²) in [5.74, 6) is -0.319. The van der Waals surface area contributed by atoms with Crippen LogP contribution >= 0.6 is 0 Å². The fraction of sp³-hybridized carbons (Fsp3) is 0.845. The van der Waals surface area contributed by atoms with Gasteiger partial charge in [0.1, 0.15) is 30.5 Å². The standard InChI is InChI=1S/C58H106O9/c1-3-5-7-9-11-13-15-17-19-21-23-24-25-26-27-28-29-30-32-34-36-38-40-42-44-46-48-64-50-52(51-65-58-57(63)56(62)55(61)53(49-59)67-58)66-54(60)47-45-43-41-39-37-35-33-31-22-20-18-16-14-12-10-8-6-4-2/h14-17,20-23,52-53,55-59,61-63H,3-13,18-19,24-51H2,1-2H3/b16-14-,17-15-,22-20-,23-21-. The van der Waals surface area contributed by atoms with Crippen LogP contribution < -0.4 is 0 Å². The Kier molecular flexibility index (Phi) is 46.3. The van der Waals surface area contributed by atoms with Crippen LogP contribution in [0.5, 0.6) is 0 Å². The van der Waals surface area contributed by atoms with Crippen molar-refractivity contribution in [1.82, 2.24) is 0 Å². The quantitative estimate of drug-likeness (QED) is 0.0267. The van der Waals surface area contributed by atoms with Crippen molar-refractivity contribution >= 4 is 5.97 Å². The average molecular weight is 947 g/mol. The minimum Gasteiger partial charge on any atom is -0.457 e. The van der Waals surface area contributed by atoms with Crippen LogP contribution in [0.3, 0.4) is 0 Å². The van der Waals surface area contributed by atoms with Gasteiger partial charge in [-0.1, -0.05) is 217 Å². The summed E-state index contributed by atoms with van der Waals surface area (Å²) in [6, 6.07) is 0. The fourth-order valence-electron chi connectivity index (χ4n) is 8.55. The summed E-state index contributed by atoms with van der Waals surface area (Å²) < 4.78 is 22.9. The van der Waals surface area contributed by atoms with E-state index in [-0.39, 0.29) is 19.2 Å². The topological polar surface area (TPSA) is 135 Å². The minimum atomic E-state index is -1.54. The second-order valence-electron chi connectivity index (χ2n) is 19.4. The summed E-state index contributed by atoms with van der Waals surface area (Å²) >= 11 is 0. The Hall–Kier alpha value is -1.85. The Morgan fingerprint density at radius 1 is 0.478 bits per heavy atom. The van der Waals surface area contributed by atoms with E-state index in [4.69, 9.17) is 18.9 Å². The Morgan fingerprint density at radius 3 is 1.30 bits per heavy atom. The highest BCUT2D eigenvalue weighted by atomic mass is 16.7. The first-order chi connectivity index (χ1) is 32.9. The van der Waals surface area contributed by atoms with Crippen molar-refractivity contribution in [2.45, 2.75) is 288 Å². The van der Waals surface area contributed by atoms with Crippen LogP contribution in [-0.4, -0.2) is 89.6 Å². The predicted octanol–water partition coefficient (Wildman–Crippen LogP) is 14.4. The Labute approximate surface area is 412 Å². The first kappa shape index (κ1) is 63.2. The number of carbonyl (C=O) groups excluding carboxylic acids is 1. The summed E-state index contributed by atoms with van der Waals surface area (Å²) in [4.78, 5) is 12.9. The zero-order chi connectivity index (χ0) is 48.5. The number of esters is 1. The van der Waals surface area contributed by atoms with Crippen molar-refractivity contribution < 1.29 is 44.2 Å². The number of hydrogen-bond acceptors (Lipinski definition) is 9. The molecule has 392 valence electrons. The maximum atomic E-state index is 12.9. The number of unbranched alkanes of at least 4 members (excludes halogenated alkanes) is 30. The van der Waals surface area contributed by atoms with E-state index in [9.17, 15) is 25.2 Å². The molecule has 4 N–H and O–H groups in total. The third kappa shape index (κ3) is 39.6. The average Bonchev–Trinajstić information content (AvgIpc) is 3.33. The first-order valence-electron chi connectivity index (χ1n) is 28.2. The van der Waals surface area contributed by atoms with E-state index < -0.39 is 43.4 Å². The van der Waals surface area contributed by atoms with Gasteiger partial charge >= 0.3 is 5.97 Å². The lowest BCUT2D eigenvalue weighted by molar-refractivity contribution is -0.305. The molecule has 0 saturated carbocycles. The van der Waals surface area contributed by atoms with E-state index in [0.717, 1.165) is 51.4 Å². The molecule has 9 nitrogen and oxygen atoms in total. The molecule has 0 aromatic heterocycles. The smallest absolute Gasteiger partial charge is 0.306 e. The Bertz CT molecular complexity index is 1170. The first-order valence-corrected chi connectivity index (χ1v) is 28.2. The molecule has 9 heteroatoms. The third-order valence-electron chi connectivity index (χ3n) is 13.0. The molecule has 1 saturated heterocycles. The molecule has 0 aromatic carbocycles. The van der Waals surface area contributed by atoms with Gasteiger partial charge in [-0.15, -0.1) is 0 Å². The van der Waals surface area contributed by atoms with E-state index >= 15 is 0 Å². The summed E-state index contributed by atoms with van der Waals surface area (Å²) in [6.45, 7) is 4.55. The number of ether oxygens (including phenoxy) is 4. The van der Waals surface area contributed by atoms with Crippen LogP contribution in [0.25, 0.3) is 0 Å². The van der Waals surface area contributed by atoms with E-state index in [1.807, 2.05) is 0 Å². The maximum Gasteiger partial charge on any atom is 0.306 e. The summed E-state index contributed by atoms with van der Waals surface area (Å²) in [5, 5.41) is 40.3. The SMILES string of the molecule is CCCCCC/C=C\C/C=C\CCCCCCCCCC(=O)OC(COCCCCCCCCCCCCCCCC/C=C\C/C=C\CCCCCCC)COC1OC(CO)C(O)C(O)C1O. The molecule has 1 fully saturated rings. The molecular formula is C58H106O9. The molecule has 1 rings (SSSR count). The monoisotopic (exact) mass is 947 g/mol. The van der Waals surface area contributed by atoms with Gasteiger partial charge in [0.15, 0.2) is 6.29 Å². The zero-order valence-electron chi connectivity index (χ0n) is 43.4. The zero-order valence-corrected chi connectivity index (χ0v) is 43.4. The number of allylic oxidation sites excluding steroid dienone is 8. The van der Waals surface area contributed by atoms with Gasteiger partial charge < -0.3 is 39.4 Å². The highest BCUT2D eigenvalue weighted by molar-refractivity contribution is 5.69. The van der Waals surface area contributed by atoms with E-state index in [1.54, 1.807) is 0 Å². The van der Waals surface area contributed by atoms with Crippen molar-refractivity contribution in [2.75, 3.05) is 26.4 Å². The second kappa shape index (κ2) is 49.1. The number of hydrogen-bond donors (Lipinski definition) is 4. The van der Waals surface area contributed by atoms with Gasteiger partial charge in [-0.3, -0.25) is 4.79 Å². The molecule has 1 aliphatic rings. The normalized spacial score (nSPS) is 19.5. The summed E-state index contributed by atoms with van der Waals surface area (Å²) in [7, 11) is 0. The van der Waals surface area contributed by atoms with Gasteiger partial charge in [-0.05, 0) is 77.0 Å². The molecule has 1 aliphatic heterocycles. The van der Waals surface area contributed by atoms with E-state index in [0.29, 0.717) is 13.0 Å². The lowest BCUT2D eigenvalue weighted by atomic mass is 9.99. The van der Waals surface area contributed by atoms with Crippen LogP contribution in [0.15, 0.2) is 48.6 Å². The van der Waals surface area contributed by atoms with Crippen molar-refractivity contribution in [3.05, 3.63) is 48.6 Å². The Morgan fingerprint density at radius 2 is 0.866 bits per heavy atom.